The van der Waals surface area contributed by atoms with Gasteiger partial charge in [0.25, 0.3) is 5.56 Å². The van der Waals surface area contributed by atoms with Crippen LogP contribution in [0.5, 0.6) is 5.75 Å². The predicted molar refractivity (Wildman–Crippen MR) is 110 cm³/mol. The molecule has 2 atom stereocenters. The zero-order chi connectivity index (χ0) is 20.4. The van der Waals surface area contributed by atoms with Crippen molar-refractivity contribution in [2.45, 2.75) is 32.4 Å². The topological polar surface area (TPSA) is 57.5 Å². The van der Waals surface area contributed by atoms with Crippen LogP contribution in [0.3, 0.4) is 0 Å². The summed E-state index contributed by atoms with van der Waals surface area (Å²) in [6.07, 6.45) is -0.868. The van der Waals surface area contributed by atoms with Crippen molar-refractivity contribution in [1.29, 1.82) is 0 Å². The fraction of sp³-hybridized carbons (Fsp3) is 0.250. The van der Waals surface area contributed by atoms with E-state index in [2.05, 4.69) is 0 Å². The minimum atomic E-state index is -0.868. The smallest absolute Gasteiger partial charge is 0.348 e. The Morgan fingerprint density at radius 1 is 1.07 bits per heavy atom. The molecule has 0 fully saturated rings. The lowest BCUT2D eigenvalue weighted by molar-refractivity contribution is -0.151. The highest BCUT2D eigenvalue weighted by molar-refractivity contribution is 5.79. The number of rotatable bonds is 5. The van der Waals surface area contributed by atoms with E-state index in [-0.39, 0.29) is 12.2 Å². The van der Waals surface area contributed by atoms with Gasteiger partial charge in [-0.3, -0.25) is 4.79 Å². The molecule has 4 rings (SSSR count). The second-order valence-corrected chi connectivity index (χ2v) is 7.12. The maximum Gasteiger partial charge on any atom is 0.348 e. The van der Waals surface area contributed by atoms with Crippen LogP contribution < -0.4 is 10.3 Å². The number of hydrogen-bond acceptors (Lipinski definition) is 4. The highest BCUT2D eigenvalue weighted by atomic mass is 16.6. The third-order valence-electron chi connectivity index (χ3n) is 5.24. The second-order valence-electron chi connectivity index (χ2n) is 7.12. The van der Waals surface area contributed by atoms with Crippen LogP contribution in [-0.4, -0.2) is 23.2 Å². The average Bonchev–Trinajstić information content (AvgIpc) is 3.12. The van der Waals surface area contributed by atoms with E-state index in [4.69, 9.17) is 9.47 Å². The molecule has 1 aliphatic rings. The fourth-order valence-electron chi connectivity index (χ4n) is 3.87. The van der Waals surface area contributed by atoms with Crippen LogP contribution in [-0.2, 0) is 16.1 Å². The minimum Gasteiger partial charge on any atom is -0.477 e. The summed E-state index contributed by atoms with van der Waals surface area (Å²) < 4.78 is 12.9. The molecule has 0 saturated carbocycles. The Hall–Kier alpha value is -3.34. The molecule has 0 bridgehead atoms. The van der Waals surface area contributed by atoms with Crippen molar-refractivity contribution in [3.05, 3.63) is 99.5 Å². The third kappa shape index (κ3) is 3.56. The lowest BCUT2D eigenvalue weighted by Crippen LogP contribution is -2.33. The second kappa shape index (κ2) is 7.95. The summed E-state index contributed by atoms with van der Waals surface area (Å²) in [6, 6.07) is 21.2. The van der Waals surface area contributed by atoms with Crippen LogP contribution in [0.15, 0.2) is 71.5 Å². The lowest BCUT2D eigenvalue weighted by Gasteiger charge is -2.18. The SMILES string of the molecule is CCOC(=O)[C@@H]1Oc2cc(C)n(Cc3ccccc3)c(=O)c2[C@H]1c1ccccc1. The molecular weight excluding hydrogens is 366 g/mol. The van der Waals surface area contributed by atoms with Crippen molar-refractivity contribution >= 4 is 5.97 Å². The average molecular weight is 389 g/mol. The molecule has 0 spiro atoms. The summed E-state index contributed by atoms with van der Waals surface area (Å²) in [4.78, 5) is 26.1. The molecule has 0 saturated heterocycles. The molecule has 148 valence electrons. The first-order chi connectivity index (χ1) is 14.1. The molecular formula is C24H23NO4. The van der Waals surface area contributed by atoms with E-state index in [0.29, 0.717) is 17.9 Å². The molecule has 29 heavy (non-hydrogen) atoms. The van der Waals surface area contributed by atoms with Gasteiger partial charge in [-0.15, -0.1) is 0 Å². The number of hydrogen-bond donors (Lipinski definition) is 0. The number of benzene rings is 2. The van der Waals surface area contributed by atoms with Gasteiger partial charge in [-0.1, -0.05) is 60.7 Å². The largest absolute Gasteiger partial charge is 0.477 e. The number of aromatic nitrogens is 1. The van der Waals surface area contributed by atoms with Crippen molar-refractivity contribution < 1.29 is 14.3 Å². The number of pyridine rings is 1. The molecule has 0 unspecified atom stereocenters. The Bertz CT molecular complexity index is 1070. The van der Waals surface area contributed by atoms with Crippen LogP contribution in [0.2, 0.25) is 0 Å². The van der Waals surface area contributed by atoms with Crippen LogP contribution in [0, 0.1) is 6.92 Å². The fourth-order valence-corrected chi connectivity index (χ4v) is 3.87. The summed E-state index contributed by atoms with van der Waals surface area (Å²) in [7, 11) is 0. The van der Waals surface area contributed by atoms with Gasteiger partial charge in [0, 0.05) is 11.8 Å². The highest BCUT2D eigenvalue weighted by Crippen LogP contribution is 2.41. The number of esters is 1. The Kier molecular flexibility index (Phi) is 5.21. The number of carbonyl (C=O) groups excluding carboxylic acids is 1. The molecule has 3 aromatic rings. The maximum atomic E-state index is 13.5. The summed E-state index contributed by atoms with van der Waals surface area (Å²) >= 11 is 0. The van der Waals surface area contributed by atoms with Crippen LogP contribution in [0.4, 0.5) is 0 Å². The Morgan fingerprint density at radius 3 is 2.38 bits per heavy atom. The molecule has 0 N–H and O–H groups in total. The van der Waals surface area contributed by atoms with E-state index >= 15 is 0 Å². The van der Waals surface area contributed by atoms with Crippen molar-refractivity contribution in [1.82, 2.24) is 4.57 Å². The summed E-state index contributed by atoms with van der Waals surface area (Å²) in [5.74, 6) is -0.492. The standard InChI is InChI=1S/C24H23NO4/c1-3-28-24(27)22-20(18-12-8-5-9-13-18)21-19(29-22)14-16(2)25(23(21)26)15-17-10-6-4-7-11-17/h4-14,20,22H,3,15H2,1-2H3/t20-,22-/m1/s1. The number of fused-ring (bicyclic) bond motifs is 1. The number of nitrogens with zero attached hydrogens (tertiary/aromatic N) is 1. The molecule has 1 aromatic heterocycles. The van der Waals surface area contributed by atoms with Gasteiger partial charge in [-0.2, -0.15) is 0 Å². The van der Waals surface area contributed by atoms with E-state index in [1.807, 2.05) is 73.7 Å². The summed E-state index contributed by atoms with van der Waals surface area (Å²) in [5.41, 5.74) is 3.06. The van der Waals surface area contributed by atoms with Gasteiger partial charge in [-0.05, 0) is 25.0 Å². The first-order valence-electron chi connectivity index (χ1n) is 9.76. The first kappa shape index (κ1) is 19.0. The predicted octanol–water partition coefficient (Wildman–Crippen LogP) is 3.66. The minimum absolute atomic E-state index is 0.135. The quantitative estimate of drug-likeness (QED) is 0.625. The van der Waals surface area contributed by atoms with Gasteiger partial charge in [0.05, 0.1) is 24.6 Å². The van der Waals surface area contributed by atoms with Gasteiger partial charge < -0.3 is 14.0 Å². The van der Waals surface area contributed by atoms with Gasteiger partial charge in [0.15, 0.2) is 0 Å². The molecule has 2 aromatic carbocycles. The van der Waals surface area contributed by atoms with Crippen molar-refractivity contribution in [2.75, 3.05) is 6.61 Å². The van der Waals surface area contributed by atoms with Crippen molar-refractivity contribution in [2.24, 2.45) is 0 Å². The van der Waals surface area contributed by atoms with E-state index in [1.165, 1.54) is 0 Å². The molecule has 5 nitrogen and oxygen atoms in total. The molecule has 0 aliphatic carbocycles. The van der Waals surface area contributed by atoms with Gasteiger partial charge in [-0.25, -0.2) is 4.79 Å². The Labute approximate surface area is 169 Å². The zero-order valence-corrected chi connectivity index (χ0v) is 16.5. The summed E-state index contributed by atoms with van der Waals surface area (Å²) in [5, 5.41) is 0. The van der Waals surface area contributed by atoms with Crippen LogP contribution in [0.1, 0.15) is 35.2 Å². The zero-order valence-electron chi connectivity index (χ0n) is 16.5. The van der Waals surface area contributed by atoms with E-state index in [0.717, 1.165) is 16.8 Å². The Morgan fingerprint density at radius 2 is 1.72 bits per heavy atom. The van der Waals surface area contributed by atoms with Crippen molar-refractivity contribution in [3.63, 3.8) is 0 Å². The van der Waals surface area contributed by atoms with Crippen LogP contribution in [0.25, 0.3) is 0 Å². The van der Waals surface area contributed by atoms with Crippen LogP contribution >= 0.6 is 0 Å². The first-order valence-corrected chi connectivity index (χ1v) is 9.76. The van der Waals surface area contributed by atoms with E-state index < -0.39 is 18.0 Å². The monoisotopic (exact) mass is 389 g/mol. The van der Waals surface area contributed by atoms with Gasteiger partial charge in [0.2, 0.25) is 6.10 Å². The number of aryl methyl sites for hydroxylation is 1. The number of ether oxygens (including phenoxy) is 2. The number of carbonyl (C=O) groups is 1. The molecule has 1 aliphatic heterocycles. The lowest BCUT2D eigenvalue weighted by atomic mass is 9.88. The normalized spacial score (nSPS) is 17.4. The van der Waals surface area contributed by atoms with Gasteiger partial charge >= 0.3 is 5.97 Å². The van der Waals surface area contributed by atoms with E-state index in [9.17, 15) is 9.59 Å². The highest BCUT2D eigenvalue weighted by Gasteiger charge is 2.44. The van der Waals surface area contributed by atoms with Gasteiger partial charge in [0.1, 0.15) is 5.75 Å². The molecule has 5 heteroatoms. The van der Waals surface area contributed by atoms with E-state index in [1.54, 1.807) is 11.5 Å². The Balaban J connectivity index is 1.84. The third-order valence-corrected chi connectivity index (χ3v) is 5.24. The molecule has 2 heterocycles. The maximum absolute atomic E-state index is 13.5. The molecule has 0 radical (unpaired) electrons. The molecule has 0 amide bonds. The van der Waals surface area contributed by atoms with Crippen molar-refractivity contribution in [3.8, 4) is 5.75 Å². The summed E-state index contributed by atoms with van der Waals surface area (Å²) in [6.45, 7) is 4.36.